The Labute approximate surface area is 154 Å². The van der Waals surface area contributed by atoms with Crippen molar-refractivity contribution in [3.05, 3.63) is 64.1 Å². The van der Waals surface area contributed by atoms with Crippen molar-refractivity contribution in [1.82, 2.24) is 5.32 Å². The molecule has 1 atom stereocenters. The van der Waals surface area contributed by atoms with Crippen molar-refractivity contribution >= 4 is 46.8 Å². The van der Waals surface area contributed by atoms with Crippen LogP contribution in [0.5, 0.6) is 0 Å². The normalized spacial score (nSPS) is 11.3. The Bertz CT molecular complexity index is 796. The van der Waals surface area contributed by atoms with Crippen molar-refractivity contribution in [3.63, 3.8) is 0 Å². The first-order valence-corrected chi connectivity index (χ1v) is 7.95. The average molecular weight is 381 g/mol. The van der Waals surface area contributed by atoms with Gasteiger partial charge in [0, 0.05) is 10.7 Å². The van der Waals surface area contributed by atoms with E-state index in [1.807, 2.05) is 0 Å². The van der Waals surface area contributed by atoms with Gasteiger partial charge in [0.2, 0.25) is 0 Å². The Hall–Kier alpha value is -2.57. The molecule has 2 aromatic rings. The largest absolute Gasteiger partial charge is 0.449 e. The van der Waals surface area contributed by atoms with Gasteiger partial charge < -0.3 is 10.1 Å². The lowest BCUT2D eigenvalue weighted by Gasteiger charge is -2.14. The number of halogens is 2. The number of ether oxygens (including phenoxy) is 1. The van der Waals surface area contributed by atoms with E-state index in [1.165, 1.54) is 25.1 Å². The van der Waals surface area contributed by atoms with Crippen molar-refractivity contribution in [1.29, 1.82) is 0 Å². The Morgan fingerprint density at radius 1 is 1.04 bits per heavy atom. The number of benzene rings is 2. The van der Waals surface area contributed by atoms with E-state index in [-0.39, 0.29) is 10.6 Å². The maximum atomic E-state index is 12.0. The van der Waals surface area contributed by atoms with Gasteiger partial charge in [0.15, 0.2) is 6.10 Å². The molecule has 2 rings (SSSR count). The van der Waals surface area contributed by atoms with Gasteiger partial charge in [-0.25, -0.2) is 9.59 Å². The smallest absolute Gasteiger partial charge is 0.340 e. The van der Waals surface area contributed by atoms with Gasteiger partial charge in [-0.3, -0.25) is 10.1 Å². The van der Waals surface area contributed by atoms with Crippen molar-refractivity contribution in [2.75, 3.05) is 5.32 Å². The van der Waals surface area contributed by atoms with Crippen LogP contribution in [0.4, 0.5) is 10.5 Å². The molecule has 1 unspecified atom stereocenters. The lowest BCUT2D eigenvalue weighted by atomic mass is 10.2. The molecule has 0 radical (unpaired) electrons. The summed E-state index contributed by atoms with van der Waals surface area (Å²) in [5.74, 6) is -1.57. The van der Waals surface area contributed by atoms with Crippen molar-refractivity contribution in [2.45, 2.75) is 13.0 Å². The SMILES string of the molecule is CC(OC(=O)c1ccc(Cl)cc1Cl)C(=O)NC(=O)Nc1ccccc1. The number of esters is 1. The van der Waals surface area contributed by atoms with Crippen LogP contribution in [0.1, 0.15) is 17.3 Å². The molecule has 0 saturated heterocycles. The quantitative estimate of drug-likeness (QED) is 0.787. The average Bonchev–Trinajstić information content (AvgIpc) is 2.55. The van der Waals surface area contributed by atoms with E-state index >= 15 is 0 Å². The van der Waals surface area contributed by atoms with E-state index < -0.39 is 24.0 Å². The molecular weight excluding hydrogens is 367 g/mol. The number of amides is 3. The lowest BCUT2D eigenvalue weighted by molar-refractivity contribution is -0.127. The molecule has 0 aliphatic heterocycles. The third kappa shape index (κ3) is 5.48. The fourth-order valence-corrected chi connectivity index (χ4v) is 2.32. The summed E-state index contributed by atoms with van der Waals surface area (Å²) in [6, 6.07) is 12.1. The van der Waals surface area contributed by atoms with Gasteiger partial charge in [0.1, 0.15) is 0 Å². The molecule has 0 aliphatic carbocycles. The Morgan fingerprint density at radius 3 is 2.36 bits per heavy atom. The van der Waals surface area contributed by atoms with Gasteiger partial charge in [-0.15, -0.1) is 0 Å². The predicted octanol–water partition coefficient (Wildman–Crippen LogP) is 3.89. The molecule has 0 saturated carbocycles. The van der Waals surface area contributed by atoms with Crippen LogP contribution in [0.25, 0.3) is 0 Å². The van der Waals surface area contributed by atoms with Gasteiger partial charge in [0.25, 0.3) is 5.91 Å². The highest BCUT2D eigenvalue weighted by Gasteiger charge is 2.22. The predicted molar refractivity (Wildman–Crippen MR) is 94.9 cm³/mol. The van der Waals surface area contributed by atoms with Crippen LogP contribution in [-0.2, 0) is 9.53 Å². The fourth-order valence-electron chi connectivity index (χ4n) is 1.83. The number of hydrogen-bond donors (Lipinski definition) is 2. The second-order valence-electron chi connectivity index (χ2n) is 4.98. The van der Waals surface area contributed by atoms with Crippen LogP contribution in [0.2, 0.25) is 10.0 Å². The third-order valence-electron chi connectivity index (χ3n) is 3.07. The summed E-state index contributed by atoms with van der Waals surface area (Å²) >= 11 is 11.7. The summed E-state index contributed by atoms with van der Waals surface area (Å²) < 4.78 is 5.01. The zero-order valence-corrected chi connectivity index (χ0v) is 14.6. The van der Waals surface area contributed by atoms with Crippen molar-refractivity contribution in [3.8, 4) is 0 Å². The van der Waals surface area contributed by atoms with Crippen LogP contribution >= 0.6 is 23.2 Å². The van der Waals surface area contributed by atoms with E-state index in [0.717, 1.165) is 0 Å². The molecule has 6 nitrogen and oxygen atoms in total. The number of nitrogens with one attached hydrogen (secondary N) is 2. The number of hydrogen-bond acceptors (Lipinski definition) is 4. The fraction of sp³-hybridized carbons (Fsp3) is 0.118. The maximum absolute atomic E-state index is 12.0. The van der Waals surface area contributed by atoms with Crippen LogP contribution in [0.15, 0.2) is 48.5 Å². The molecule has 0 fully saturated rings. The summed E-state index contributed by atoms with van der Waals surface area (Å²) in [6.07, 6.45) is -1.19. The zero-order chi connectivity index (χ0) is 18.4. The van der Waals surface area contributed by atoms with E-state index in [1.54, 1.807) is 30.3 Å². The van der Waals surface area contributed by atoms with Crippen LogP contribution in [-0.4, -0.2) is 24.0 Å². The van der Waals surface area contributed by atoms with E-state index in [0.29, 0.717) is 10.7 Å². The van der Waals surface area contributed by atoms with Gasteiger partial charge in [-0.2, -0.15) is 0 Å². The first kappa shape index (κ1) is 18.8. The first-order chi connectivity index (χ1) is 11.9. The lowest BCUT2D eigenvalue weighted by Crippen LogP contribution is -2.41. The molecular formula is C17H14Cl2N2O4. The Morgan fingerprint density at radius 2 is 1.72 bits per heavy atom. The molecule has 25 heavy (non-hydrogen) atoms. The van der Waals surface area contributed by atoms with Gasteiger partial charge in [-0.05, 0) is 37.3 Å². The Balaban J connectivity index is 1.91. The molecule has 130 valence electrons. The molecule has 0 heterocycles. The van der Waals surface area contributed by atoms with Gasteiger partial charge >= 0.3 is 12.0 Å². The summed E-state index contributed by atoms with van der Waals surface area (Å²) in [5, 5.41) is 5.04. The molecule has 2 aromatic carbocycles. The molecule has 3 amide bonds. The molecule has 0 spiro atoms. The van der Waals surface area contributed by atoms with Crippen LogP contribution in [0, 0.1) is 0 Å². The van der Waals surface area contributed by atoms with E-state index in [9.17, 15) is 14.4 Å². The standard InChI is InChI=1S/C17H14Cl2N2O4/c1-10(25-16(23)13-8-7-11(18)9-14(13)19)15(22)21-17(24)20-12-5-3-2-4-6-12/h2-10H,1H3,(H2,20,21,22,24). The second-order valence-corrected chi connectivity index (χ2v) is 5.82. The highest BCUT2D eigenvalue weighted by molar-refractivity contribution is 6.36. The van der Waals surface area contributed by atoms with Crippen molar-refractivity contribution < 1.29 is 19.1 Å². The number of imide groups is 1. The number of para-hydroxylation sites is 1. The van der Waals surface area contributed by atoms with Crippen molar-refractivity contribution in [2.24, 2.45) is 0 Å². The maximum Gasteiger partial charge on any atom is 0.340 e. The summed E-state index contributed by atoms with van der Waals surface area (Å²) in [6.45, 7) is 1.34. The minimum Gasteiger partial charge on any atom is -0.449 e. The minimum absolute atomic E-state index is 0.0689. The number of carbonyl (C=O) groups excluding carboxylic acids is 3. The minimum atomic E-state index is -1.19. The highest BCUT2D eigenvalue weighted by Crippen LogP contribution is 2.22. The first-order valence-electron chi connectivity index (χ1n) is 7.19. The summed E-state index contributed by atoms with van der Waals surface area (Å²) in [4.78, 5) is 35.7. The highest BCUT2D eigenvalue weighted by atomic mass is 35.5. The summed E-state index contributed by atoms with van der Waals surface area (Å²) in [5.41, 5.74) is 0.588. The van der Waals surface area contributed by atoms with E-state index in [2.05, 4.69) is 10.6 Å². The molecule has 8 heteroatoms. The van der Waals surface area contributed by atoms with Gasteiger partial charge in [0.05, 0.1) is 10.6 Å². The van der Waals surface area contributed by atoms with E-state index in [4.69, 9.17) is 27.9 Å². The third-order valence-corrected chi connectivity index (χ3v) is 3.62. The number of rotatable bonds is 4. The molecule has 2 N–H and O–H groups in total. The van der Waals surface area contributed by atoms with Crippen LogP contribution < -0.4 is 10.6 Å². The van der Waals surface area contributed by atoms with Crippen LogP contribution in [0.3, 0.4) is 0 Å². The second kappa shape index (κ2) is 8.50. The monoisotopic (exact) mass is 380 g/mol. The molecule has 0 aliphatic rings. The molecule has 0 aromatic heterocycles. The number of urea groups is 1. The van der Waals surface area contributed by atoms with Gasteiger partial charge in [-0.1, -0.05) is 41.4 Å². The molecule has 0 bridgehead atoms. The Kier molecular flexibility index (Phi) is 6.38. The zero-order valence-electron chi connectivity index (χ0n) is 13.1. The topological polar surface area (TPSA) is 84.5 Å². The summed E-state index contributed by atoms with van der Waals surface area (Å²) in [7, 11) is 0. The number of anilines is 1. The number of carbonyl (C=O) groups is 3.